The molecular weight excluding hydrogens is 399 g/mol. The van der Waals surface area contributed by atoms with Crippen LogP contribution in [0.3, 0.4) is 0 Å². The van der Waals surface area contributed by atoms with Crippen LogP contribution in [0.1, 0.15) is 11.3 Å². The van der Waals surface area contributed by atoms with Gasteiger partial charge in [0.1, 0.15) is 4.90 Å². The summed E-state index contributed by atoms with van der Waals surface area (Å²) < 4.78 is 38.4. The maximum Gasteiger partial charge on any atom is 0.417 e. The molecule has 1 aliphatic heterocycles. The molecule has 0 aliphatic carbocycles. The SMILES string of the molecule is CN1N=C(SCc2ncc(C(F)(F)F)cc2Cl)Sc2c1cn[nH]c2=O. The fraction of sp³-hybridized carbons (Fsp3) is 0.231. The van der Waals surface area contributed by atoms with Crippen molar-refractivity contribution < 1.29 is 13.2 Å². The van der Waals surface area contributed by atoms with Gasteiger partial charge in [0.15, 0.2) is 4.38 Å². The summed E-state index contributed by atoms with van der Waals surface area (Å²) in [6.07, 6.45) is -2.26. The van der Waals surface area contributed by atoms with Crippen LogP contribution in [0.25, 0.3) is 0 Å². The minimum absolute atomic E-state index is 0.0699. The maximum atomic E-state index is 12.6. The summed E-state index contributed by atoms with van der Waals surface area (Å²) in [5.41, 5.74) is -0.361. The van der Waals surface area contributed by atoms with E-state index >= 15 is 0 Å². The highest BCUT2D eigenvalue weighted by Gasteiger charge is 2.31. The van der Waals surface area contributed by atoms with Gasteiger partial charge in [-0.05, 0) is 6.07 Å². The fourth-order valence-corrected chi connectivity index (χ4v) is 4.32. The van der Waals surface area contributed by atoms with Gasteiger partial charge in [0, 0.05) is 19.0 Å². The van der Waals surface area contributed by atoms with Gasteiger partial charge in [0.2, 0.25) is 0 Å². The third-order valence-corrected chi connectivity index (χ3v) is 5.67. The summed E-state index contributed by atoms with van der Waals surface area (Å²) in [5.74, 6) is 0.217. The molecule has 0 bridgehead atoms. The number of aromatic amines is 1. The third-order valence-electron chi connectivity index (χ3n) is 3.14. The van der Waals surface area contributed by atoms with Crippen LogP contribution in [0.5, 0.6) is 0 Å². The van der Waals surface area contributed by atoms with E-state index in [-0.39, 0.29) is 16.3 Å². The third kappa shape index (κ3) is 3.93. The number of hydrazone groups is 1. The van der Waals surface area contributed by atoms with Gasteiger partial charge in [-0.1, -0.05) is 35.1 Å². The molecule has 2 aromatic heterocycles. The fourth-order valence-electron chi connectivity index (χ4n) is 1.91. The van der Waals surface area contributed by atoms with Crippen LogP contribution in [-0.2, 0) is 11.9 Å². The summed E-state index contributed by atoms with van der Waals surface area (Å²) >= 11 is 8.27. The van der Waals surface area contributed by atoms with Gasteiger partial charge in [-0.2, -0.15) is 23.4 Å². The van der Waals surface area contributed by atoms with Crippen molar-refractivity contribution >= 4 is 45.2 Å². The van der Waals surface area contributed by atoms with E-state index in [1.54, 1.807) is 7.05 Å². The second-order valence-corrected chi connectivity index (χ2v) is 7.47. The van der Waals surface area contributed by atoms with E-state index in [9.17, 15) is 18.0 Å². The Bertz CT molecular complexity index is 902. The average molecular weight is 408 g/mol. The Hall–Kier alpha value is -1.72. The number of nitrogens with zero attached hydrogens (tertiary/aromatic N) is 4. The Labute approximate surface area is 152 Å². The van der Waals surface area contributed by atoms with Gasteiger partial charge in [0.05, 0.1) is 28.2 Å². The van der Waals surface area contributed by atoms with Crippen molar-refractivity contribution in [2.45, 2.75) is 16.8 Å². The summed E-state index contributed by atoms with van der Waals surface area (Å²) in [4.78, 5) is 16.1. The van der Waals surface area contributed by atoms with Crippen LogP contribution in [0, 0.1) is 0 Å². The number of H-pyrrole nitrogens is 1. The molecule has 2 aromatic rings. The van der Waals surface area contributed by atoms with E-state index in [4.69, 9.17) is 11.6 Å². The summed E-state index contributed by atoms with van der Waals surface area (Å²) in [6.45, 7) is 0. The highest BCUT2D eigenvalue weighted by molar-refractivity contribution is 8.38. The van der Waals surface area contributed by atoms with Crippen molar-refractivity contribution in [2.24, 2.45) is 5.10 Å². The monoisotopic (exact) mass is 407 g/mol. The summed E-state index contributed by atoms with van der Waals surface area (Å²) in [7, 11) is 1.67. The Balaban J connectivity index is 1.75. The standard InChI is InChI=1S/C13H9ClF3N5OS2/c1-22-9-4-19-20-11(23)10(9)25-12(21-22)24-5-8-7(14)2-6(3-18-8)13(15,16)17/h2-4H,5H2,1H3,(H,20,23). The van der Waals surface area contributed by atoms with E-state index in [0.717, 1.165) is 24.0 Å². The first-order valence-electron chi connectivity index (χ1n) is 6.68. The van der Waals surface area contributed by atoms with Crippen LogP contribution in [-0.4, -0.2) is 26.6 Å². The molecule has 0 atom stereocenters. The maximum absolute atomic E-state index is 12.6. The number of hydrogen-bond acceptors (Lipinski definition) is 7. The number of halogens is 4. The predicted octanol–water partition coefficient (Wildman–Crippen LogP) is 3.58. The molecule has 132 valence electrons. The predicted molar refractivity (Wildman–Crippen MR) is 92.1 cm³/mol. The van der Waals surface area contributed by atoms with Gasteiger partial charge < -0.3 is 0 Å². The van der Waals surface area contributed by atoms with E-state index in [0.29, 0.717) is 20.7 Å². The Kier molecular flexibility index (Phi) is 4.98. The van der Waals surface area contributed by atoms with E-state index in [1.807, 2.05) is 0 Å². The first kappa shape index (κ1) is 18.1. The molecule has 25 heavy (non-hydrogen) atoms. The smallest absolute Gasteiger partial charge is 0.267 e. The molecule has 1 aliphatic rings. The van der Waals surface area contributed by atoms with Gasteiger partial charge in [0.25, 0.3) is 5.56 Å². The molecule has 12 heteroatoms. The van der Waals surface area contributed by atoms with Crippen molar-refractivity contribution in [1.82, 2.24) is 15.2 Å². The Morgan fingerprint density at radius 1 is 1.40 bits per heavy atom. The number of anilines is 1. The highest BCUT2D eigenvalue weighted by Crippen LogP contribution is 2.37. The minimum atomic E-state index is -4.49. The van der Waals surface area contributed by atoms with Crippen LogP contribution >= 0.6 is 35.1 Å². The first-order chi connectivity index (χ1) is 11.8. The lowest BCUT2D eigenvalue weighted by atomic mass is 10.2. The zero-order chi connectivity index (χ0) is 18.2. The van der Waals surface area contributed by atoms with Crippen molar-refractivity contribution in [2.75, 3.05) is 12.1 Å². The number of rotatable bonds is 2. The molecule has 0 spiro atoms. The molecule has 0 radical (unpaired) electrons. The molecule has 3 rings (SSSR count). The van der Waals surface area contributed by atoms with Crippen molar-refractivity contribution in [3.63, 3.8) is 0 Å². The quantitative estimate of drug-likeness (QED) is 0.820. The molecule has 1 N–H and O–H groups in total. The average Bonchev–Trinajstić information content (AvgIpc) is 2.54. The van der Waals surface area contributed by atoms with Crippen LogP contribution in [0.4, 0.5) is 18.9 Å². The number of hydrogen-bond donors (Lipinski definition) is 1. The number of nitrogens with one attached hydrogen (secondary N) is 1. The van der Waals surface area contributed by atoms with Crippen LogP contribution in [0.2, 0.25) is 5.02 Å². The molecular formula is C13H9ClF3N5OS2. The molecule has 0 unspecified atom stereocenters. The second-order valence-electron chi connectivity index (χ2n) is 4.84. The molecule has 3 heterocycles. The molecule has 0 saturated heterocycles. The van der Waals surface area contributed by atoms with Gasteiger partial charge in [-0.25, -0.2) is 5.10 Å². The van der Waals surface area contributed by atoms with Crippen LogP contribution in [0.15, 0.2) is 33.3 Å². The van der Waals surface area contributed by atoms with Crippen LogP contribution < -0.4 is 10.6 Å². The minimum Gasteiger partial charge on any atom is -0.267 e. The van der Waals surface area contributed by atoms with E-state index in [1.165, 1.54) is 23.0 Å². The van der Waals surface area contributed by atoms with E-state index < -0.39 is 11.7 Å². The summed E-state index contributed by atoms with van der Waals surface area (Å²) in [5, 5.41) is 11.8. The lowest BCUT2D eigenvalue weighted by Gasteiger charge is -2.21. The van der Waals surface area contributed by atoms with Crippen molar-refractivity contribution in [1.29, 1.82) is 0 Å². The number of aromatic nitrogens is 3. The Morgan fingerprint density at radius 2 is 2.16 bits per heavy atom. The summed E-state index contributed by atoms with van der Waals surface area (Å²) in [6, 6.07) is 0.845. The topological polar surface area (TPSA) is 74.2 Å². The lowest BCUT2D eigenvalue weighted by molar-refractivity contribution is -0.137. The molecule has 6 nitrogen and oxygen atoms in total. The van der Waals surface area contributed by atoms with Crippen molar-refractivity contribution in [3.05, 3.63) is 45.1 Å². The zero-order valence-electron chi connectivity index (χ0n) is 12.5. The lowest BCUT2D eigenvalue weighted by Crippen LogP contribution is -2.22. The highest BCUT2D eigenvalue weighted by atomic mass is 35.5. The zero-order valence-corrected chi connectivity index (χ0v) is 14.9. The normalized spacial score (nSPS) is 14.3. The van der Waals surface area contributed by atoms with Gasteiger partial charge in [-0.3, -0.25) is 14.8 Å². The van der Waals surface area contributed by atoms with E-state index in [2.05, 4.69) is 20.3 Å². The van der Waals surface area contributed by atoms with Crippen molar-refractivity contribution in [3.8, 4) is 0 Å². The molecule has 0 amide bonds. The first-order valence-corrected chi connectivity index (χ1v) is 8.86. The second kappa shape index (κ2) is 6.89. The number of alkyl halides is 3. The number of fused-ring (bicyclic) bond motifs is 1. The largest absolute Gasteiger partial charge is 0.417 e. The Morgan fingerprint density at radius 3 is 2.84 bits per heavy atom. The molecule has 0 aromatic carbocycles. The molecule has 0 saturated carbocycles. The van der Waals surface area contributed by atoms with Gasteiger partial charge >= 0.3 is 6.18 Å². The number of thioether (sulfide) groups is 2. The number of pyridine rings is 1. The molecule has 0 fully saturated rings. The van der Waals surface area contributed by atoms with Gasteiger partial charge in [-0.15, -0.1) is 0 Å².